The van der Waals surface area contributed by atoms with Crippen LogP contribution in [0.4, 0.5) is 5.69 Å². The number of ether oxygens (including phenoxy) is 1. The zero-order chi connectivity index (χ0) is 23.4. The maximum atomic E-state index is 13.8. The molecular formula is C24H19ClN2O5S. The van der Waals surface area contributed by atoms with Crippen molar-refractivity contribution in [2.24, 2.45) is 0 Å². The fourth-order valence-electron chi connectivity index (χ4n) is 3.28. The number of sulfonamides is 1. The number of benzene rings is 3. The lowest BCUT2D eigenvalue weighted by Crippen LogP contribution is -2.32. The van der Waals surface area contributed by atoms with E-state index in [1.807, 2.05) is 30.3 Å². The Labute approximate surface area is 196 Å². The van der Waals surface area contributed by atoms with E-state index in [9.17, 15) is 13.2 Å². The molecule has 168 valence electrons. The van der Waals surface area contributed by atoms with Crippen LogP contribution in [0.15, 0.2) is 94.4 Å². The fraction of sp³-hybridized carbons (Fsp3) is 0.0833. The minimum absolute atomic E-state index is 0.0813. The Bertz CT molecular complexity index is 1390. The summed E-state index contributed by atoms with van der Waals surface area (Å²) in [5, 5.41) is 0.225. The number of carbonyl (C=O) groups is 1. The lowest BCUT2D eigenvalue weighted by atomic mass is 10.2. The van der Waals surface area contributed by atoms with Gasteiger partial charge in [0.25, 0.3) is 10.0 Å². The molecule has 0 saturated carbocycles. The molecule has 0 radical (unpaired) electrons. The number of aromatic nitrogens is 1. The summed E-state index contributed by atoms with van der Waals surface area (Å²) >= 11 is 6.37. The average Bonchev–Trinajstić information content (AvgIpc) is 3.32. The van der Waals surface area contributed by atoms with Crippen LogP contribution in [0.25, 0.3) is 11.5 Å². The number of hydrogen-bond donors (Lipinski definition) is 0. The van der Waals surface area contributed by atoms with Gasteiger partial charge in [0, 0.05) is 5.56 Å². The summed E-state index contributed by atoms with van der Waals surface area (Å²) in [4.78, 5) is 16.5. The topological polar surface area (TPSA) is 89.7 Å². The molecule has 1 heterocycles. The van der Waals surface area contributed by atoms with Gasteiger partial charge >= 0.3 is 5.97 Å². The maximum absolute atomic E-state index is 13.8. The molecule has 0 N–H and O–H groups in total. The number of esters is 1. The number of hydrogen-bond acceptors (Lipinski definition) is 6. The Kier molecular flexibility index (Phi) is 6.48. The van der Waals surface area contributed by atoms with Crippen LogP contribution in [-0.2, 0) is 21.3 Å². The van der Waals surface area contributed by atoms with E-state index >= 15 is 0 Å². The quantitative estimate of drug-likeness (QED) is 0.337. The highest BCUT2D eigenvalue weighted by atomic mass is 35.5. The number of nitrogens with zero attached hydrogens (tertiary/aromatic N) is 2. The van der Waals surface area contributed by atoms with Crippen LogP contribution < -0.4 is 4.31 Å². The van der Waals surface area contributed by atoms with Crippen LogP contribution in [-0.4, -0.2) is 26.5 Å². The summed E-state index contributed by atoms with van der Waals surface area (Å²) in [6, 6.07) is 21.6. The summed E-state index contributed by atoms with van der Waals surface area (Å²) in [5.74, 6) is -0.404. The van der Waals surface area contributed by atoms with Gasteiger partial charge in [0.1, 0.15) is 16.9 Å². The van der Waals surface area contributed by atoms with Gasteiger partial charge in [-0.05, 0) is 36.4 Å². The van der Waals surface area contributed by atoms with Crippen molar-refractivity contribution in [2.75, 3.05) is 11.4 Å². The van der Waals surface area contributed by atoms with E-state index in [1.54, 1.807) is 30.3 Å². The molecular weight excluding hydrogens is 464 g/mol. The third-order valence-corrected chi connectivity index (χ3v) is 7.00. The number of carbonyl (C=O) groups excluding carboxylic acids is 1. The summed E-state index contributed by atoms with van der Waals surface area (Å²) in [7, 11) is -3.06. The van der Waals surface area contributed by atoms with Gasteiger partial charge in [-0.3, -0.25) is 4.31 Å². The normalized spacial score (nSPS) is 11.2. The number of rotatable bonds is 7. The Morgan fingerprint density at radius 3 is 2.39 bits per heavy atom. The molecule has 1 aromatic heterocycles. The Balaban J connectivity index is 1.80. The van der Waals surface area contributed by atoms with Crippen LogP contribution in [0, 0.1) is 0 Å². The second kappa shape index (κ2) is 9.48. The van der Waals surface area contributed by atoms with Crippen molar-refractivity contribution in [3.05, 3.63) is 101 Å². The average molecular weight is 483 g/mol. The van der Waals surface area contributed by atoms with Crippen molar-refractivity contribution >= 4 is 33.3 Å². The van der Waals surface area contributed by atoms with E-state index in [4.69, 9.17) is 20.8 Å². The van der Waals surface area contributed by atoms with Crippen molar-refractivity contribution in [1.29, 1.82) is 0 Å². The molecule has 0 aliphatic heterocycles. The standard InChI is InChI=1S/C24H19ClN2O5S/c1-31-24(28)19-11-5-8-14-22(19)33(29,30)27(21-13-7-6-12-20(21)25)15-18-16-32-23(26-18)17-9-3-2-4-10-17/h2-14,16H,15H2,1H3. The van der Waals surface area contributed by atoms with Crippen molar-refractivity contribution in [3.8, 4) is 11.5 Å². The molecule has 33 heavy (non-hydrogen) atoms. The van der Waals surface area contributed by atoms with Gasteiger partial charge in [0.15, 0.2) is 0 Å². The van der Waals surface area contributed by atoms with Gasteiger partial charge in [-0.15, -0.1) is 0 Å². The van der Waals surface area contributed by atoms with Crippen molar-refractivity contribution in [1.82, 2.24) is 4.98 Å². The monoisotopic (exact) mass is 482 g/mol. The predicted octanol–water partition coefficient (Wildman–Crippen LogP) is 5.18. The van der Waals surface area contributed by atoms with Crippen LogP contribution in [0.5, 0.6) is 0 Å². The van der Waals surface area contributed by atoms with E-state index in [0.29, 0.717) is 11.6 Å². The summed E-state index contributed by atoms with van der Waals surface area (Å²) in [6.07, 6.45) is 1.40. The van der Waals surface area contributed by atoms with Crippen LogP contribution in [0.2, 0.25) is 5.02 Å². The van der Waals surface area contributed by atoms with Crippen molar-refractivity contribution in [3.63, 3.8) is 0 Å². The third kappa shape index (κ3) is 4.62. The lowest BCUT2D eigenvalue weighted by molar-refractivity contribution is 0.0596. The molecule has 0 saturated heterocycles. The van der Waals surface area contributed by atoms with Gasteiger partial charge in [-0.25, -0.2) is 18.2 Å². The van der Waals surface area contributed by atoms with Crippen molar-refractivity contribution < 1.29 is 22.4 Å². The first-order chi connectivity index (χ1) is 15.9. The molecule has 7 nitrogen and oxygen atoms in total. The van der Waals surface area contributed by atoms with Crippen LogP contribution in [0.1, 0.15) is 16.1 Å². The molecule has 9 heteroatoms. The van der Waals surface area contributed by atoms with Crippen molar-refractivity contribution in [2.45, 2.75) is 11.4 Å². The van der Waals surface area contributed by atoms with Gasteiger partial charge < -0.3 is 9.15 Å². The highest BCUT2D eigenvalue weighted by Crippen LogP contribution is 2.33. The number of halogens is 1. The van der Waals surface area contributed by atoms with E-state index in [1.165, 1.54) is 31.6 Å². The Morgan fingerprint density at radius 1 is 1.00 bits per heavy atom. The molecule has 4 rings (SSSR count). The first-order valence-corrected chi connectivity index (χ1v) is 11.7. The fourth-order valence-corrected chi connectivity index (χ4v) is 5.21. The molecule has 0 aliphatic rings. The predicted molar refractivity (Wildman–Crippen MR) is 125 cm³/mol. The minimum Gasteiger partial charge on any atom is -0.465 e. The molecule has 0 aliphatic carbocycles. The van der Waals surface area contributed by atoms with Crippen LogP contribution >= 0.6 is 11.6 Å². The second-order valence-electron chi connectivity index (χ2n) is 6.96. The number of anilines is 1. The van der Waals surface area contributed by atoms with E-state index in [-0.39, 0.29) is 27.7 Å². The lowest BCUT2D eigenvalue weighted by Gasteiger charge is -2.25. The zero-order valence-corrected chi connectivity index (χ0v) is 19.1. The molecule has 0 fully saturated rings. The number of oxazole rings is 1. The highest BCUT2D eigenvalue weighted by Gasteiger charge is 2.31. The Morgan fingerprint density at radius 2 is 1.67 bits per heavy atom. The number of para-hydroxylation sites is 1. The molecule has 0 spiro atoms. The zero-order valence-electron chi connectivity index (χ0n) is 17.5. The van der Waals surface area contributed by atoms with E-state index in [2.05, 4.69) is 4.98 Å². The highest BCUT2D eigenvalue weighted by molar-refractivity contribution is 7.92. The summed E-state index contributed by atoms with van der Waals surface area (Å²) < 4.78 is 39.1. The van der Waals surface area contributed by atoms with Crippen LogP contribution in [0.3, 0.4) is 0 Å². The first kappa shape index (κ1) is 22.6. The van der Waals surface area contributed by atoms with E-state index < -0.39 is 16.0 Å². The number of methoxy groups -OCH3 is 1. The maximum Gasteiger partial charge on any atom is 0.339 e. The first-order valence-electron chi connectivity index (χ1n) is 9.86. The molecule has 0 unspecified atom stereocenters. The second-order valence-corrected chi connectivity index (χ2v) is 9.20. The molecule has 0 atom stereocenters. The Hall–Kier alpha value is -3.62. The largest absolute Gasteiger partial charge is 0.465 e. The van der Waals surface area contributed by atoms with Gasteiger partial charge in [-0.1, -0.05) is 54.1 Å². The van der Waals surface area contributed by atoms with Gasteiger partial charge in [0.05, 0.1) is 29.9 Å². The minimum atomic E-state index is -4.25. The molecule has 0 amide bonds. The summed E-state index contributed by atoms with van der Waals surface area (Å²) in [6.45, 7) is -0.169. The van der Waals surface area contributed by atoms with E-state index in [0.717, 1.165) is 9.87 Å². The van der Waals surface area contributed by atoms with Gasteiger partial charge in [0.2, 0.25) is 5.89 Å². The SMILES string of the molecule is COC(=O)c1ccccc1S(=O)(=O)N(Cc1coc(-c2ccccc2)n1)c1ccccc1Cl. The summed E-state index contributed by atoms with van der Waals surface area (Å²) in [5.41, 5.74) is 1.28. The smallest absolute Gasteiger partial charge is 0.339 e. The van der Waals surface area contributed by atoms with Gasteiger partial charge in [-0.2, -0.15) is 0 Å². The molecule has 4 aromatic rings. The third-order valence-electron chi connectivity index (χ3n) is 4.86. The molecule has 3 aromatic carbocycles. The molecule has 0 bridgehead atoms.